The van der Waals surface area contributed by atoms with Crippen LogP contribution in [0.5, 0.6) is 0 Å². The van der Waals surface area contributed by atoms with E-state index in [1.165, 1.54) is 5.56 Å². The van der Waals surface area contributed by atoms with Gasteiger partial charge in [0.15, 0.2) is 0 Å². The van der Waals surface area contributed by atoms with Crippen molar-refractivity contribution in [2.75, 3.05) is 20.3 Å². The van der Waals surface area contributed by atoms with Crippen LogP contribution in [-0.2, 0) is 4.74 Å². The van der Waals surface area contributed by atoms with E-state index >= 15 is 0 Å². The van der Waals surface area contributed by atoms with Gasteiger partial charge in [-0.25, -0.2) is 0 Å². The number of hydrogen-bond donors (Lipinski definition) is 1. The lowest BCUT2D eigenvalue weighted by Crippen LogP contribution is -2.26. The van der Waals surface area contributed by atoms with Gasteiger partial charge in [0.25, 0.3) is 0 Å². The third-order valence-electron chi connectivity index (χ3n) is 2.59. The topological polar surface area (TPSA) is 21.3 Å². The Morgan fingerprint density at radius 2 is 1.88 bits per heavy atom. The Labute approximate surface area is 103 Å². The second-order valence-electron chi connectivity index (χ2n) is 4.24. The molecular weight excluding hydrogens is 222 g/mol. The first-order valence-electron chi connectivity index (χ1n) is 5.61. The molecule has 0 heterocycles. The van der Waals surface area contributed by atoms with Crippen molar-refractivity contribution in [3.63, 3.8) is 0 Å². The number of methoxy groups -OCH3 is 1. The van der Waals surface area contributed by atoms with Gasteiger partial charge in [-0.05, 0) is 30.5 Å². The number of nitrogens with one attached hydrogen (secondary N) is 1. The Kier molecular flexibility index (Phi) is 5.81. The Balaban J connectivity index is 2.40. The van der Waals surface area contributed by atoms with Crippen LogP contribution in [0.15, 0.2) is 24.3 Å². The molecule has 0 radical (unpaired) electrons. The first-order valence-corrected chi connectivity index (χ1v) is 5.99. The predicted octanol–water partition coefficient (Wildman–Crippen LogP) is 3.27. The number of hydrogen-bond acceptors (Lipinski definition) is 2. The Morgan fingerprint density at radius 3 is 2.44 bits per heavy atom. The number of benzene rings is 1. The van der Waals surface area contributed by atoms with Crippen LogP contribution in [0.2, 0.25) is 5.02 Å². The van der Waals surface area contributed by atoms with Crippen molar-refractivity contribution in [1.82, 2.24) is 5.32 Å². The standard InChI is InChI=1S/C13H20ClNO/c1-10(9-16-3)8-15-11(2)12-4-6-13(14)7-5-12/h4-7,10-11,15H,8-9H2,1-3H3. The van der Waals surface area contributed by atoms with E-state index in [9.17, 15) is 0 Å². The molecule has 0 fully saturated rings. The van der Waals surface area contributed by atoms with Crippen molar-refractivity contribution in [2.24, 2.45) is 5.92 Å². The van der Waals surface area contributed by atoms with Gasteiger partial charge < -0.3 is 10.1 Å². The van der Waals surface area contributed by atoms with Gasteiger partial charge in [-0.1, -0.05) is 30.7 Å². The minimum absolute atomic E-state index is 0.344. The predicted molar refractivity (Wildman–Crippen MR) is 68.9 cm³/mol. The molecular formula is C13H20ClNO. The van der Waals surface area contributed by atoms with Gasteiger partial charge in [0.05, 0.1) is 0 Å². The number of ether oxygens (including phenoxy) is 1. The highest BCUT2D eigenvalue weighted by molar-refractivity contribution is 6.30. The highest BCUT2D eigenvalue weighted by Gasteiger charge is 2.07. The molecule has 0 bridgehead atoms. The maximum absolute atomic E-state index is 5.85. The van der Waals surface area contributed by atoms with Crippen LogP contribution >= 0.6 is 11.6 Å². The molecule has 0 spiro atoms. The molecule has 2 unspecified atom stereocenters. The van der Waals surface area contributed by atoms with Crippen LogP contribution in [-0.4, -0.2) is 20.3 Å². The fraction of sp³-hybridized carbons (Fsp3) is 0.538. The van der Waals surface area contributed by atoms with Gasteiger partial charge in [-0.15, -0.1) is 0 Å². The normalized spacial score (nSPS) is 14.8. The molecule has 0 aliphatic rings. The smallest absolute Gasteiger partial charge is 0.0499 e. The minimum atomic E-state index is 0.344. The van der Waals surface area contributed by atoms with E-state index in [-0.39, 0.29) is 0 Å². The van der Waals surface area contributed by atoms with Crippen LogP contribution in [0.1, 0.15) is 25.5 Å². The molecule has 1 aromatic rings. The average molecular weight is 242 g/mol. The van der Waals surface area contributed by atoms with Gasteiger partial charge in [0.1, 0.15) is 0 Å². The average Bonchev–Trinajstić information content (AvgIpc) is 2.27. The van der Waals surface area contributed by atoms with Gasteiger partial charge >= 0.3 is 0 Å². The zero-order valence-corrected chi connectivity index (χ0v) is 10.9. The lowest BCUT2D eigenvalue weighted by molar-refractivity contribution is 0.157. The molecule has 2 atom stereocenters. The van der Waals surface area contributed by atoms with Gasteiger partial charge in [0.2, 0.25) is 0 Å². The first-order chi connectivity index (χ1) is 7.63. The summed E-state index contributed by atoms with van der Waals surface area (Å²) in [6, 6.07) is 8.31. The Hall–Kier alpha value is -0.570. The summed E-state index contributed by atoms with van der Waals surface area (Å²) in [6.07, 6.45) is 0. The van der Waals surface area contributed by atoms with E-state index in [4.69, 9.17) is 16.3 Å². The monoisotopic (exact) mass is 241 g/mol. The fourth-order valence-electron chi connectivity index (χ4n) is 1.59. The third-order valence-corrected chi connectivity index (χ3v) is 2.85. The van der Waals surface area contributed by atoms with Crippen LogP contribution in [0.4, 0.5) is 0 Å². The Morgan fingerprint density at radius 1 is 1.25 bits per heavy atom. The van der Waals surface area contributed by atoms with Crippen molar-refractivity contribution in [3.05, 3.63) is 34.9 Å². The largest absolute Gasteiger partial charge is 0.384 e. The minimum Gasteiger partial charge on any atom is -0.384 e. The highest BCUT2D eigenvalue weighted by Crippen LogP contribution is 2.16. The van der Waals surface area contributed by atoms with E-state index in [1.54, 1.807) is 7.11 Å². The first kappa shape index (κ1) is 13.5. The lowest BCUT2D eigenvalue weighted by atomic mass is 10.1. The van der Waals surface area contributed by atoms with Crippen molar-refractivity contribution >= 4 is 11.6 Å². The lowest BCUT2D eigenvalue weighted by Gasteiger charge is -2.17. The molecule has 0 saturated heterocycles. The van der Waals surface area contributed by atoms with Crippen molar-refractivity contribution in [2.45, 2.75) is 19.9 Å². The molecule has 1 aromatic carbocycles. The maximum atomic E-state index is 5.85. The van der Waals surface area contributed by atoms with E-state index in [1.807, 2.05) is 12.1 Å². The summed E-state index contributed by atoms with van der Waals surface area (Å²) in [5.41, 5.74) is 1.26. The number of rotatable bonds is 6. The molecule has 0 aliphatic carbocycles. The zero-order valence-electron chi connectivity index (χ0n) is 10.2. The van der Waals surface area contributed by atoms with Gasteiger partial charge in [0, 0.05) is 31.3 Å². The molecule has 0 amide bonds. The van der Waals surface area contributed by atoms with E-state index in [0.717, 1.165) is 18.2 Å². The fourth-order valence-corrected chi connectivity index (χ4v) is 1.72. The quantitative estimate of drug-likeness (QED) is 0.826. The van der Waals surface area contributed by atoms with Gasteiger partial charge in [-0.3, -0.25) is 0 Å². The summed E-state index contributed by atoms with van der Waals surface area (Å²) in [5, 5.41) is 4.26. The highest BCUT2D eigenvalue weighted by atomic mass is 35.5. The van der Waals surface area contributed by atoms with E-state index < -0.39 is 0 Å². The molecule has 90 valence electrons. The van der Waals surface area contributed by atoms with Gasteiger partial charge in [-0.2, -0.15) is 0 Å². The zero-order chi connectivity index (χ0) is 12.0. The van der Waals surface area contributed by atoms with E-state index in [2.05, 4.69) is 31.3 Å². The van der Waals surface area contributed by atoms with Crippen LogP contribution in [0, 0.1) is 5.92 Å². The molecule has 16 heavy (non-hydrogen) atoms. The van der Waals surface area contributed by atoms with Crippen LogP contribution in [0.25, 0.3) is 0 Å². The third kappa shape index (κ3) is 4.52. The number of halogens is 1. The molecule has 1 rings (SSSR count). The van der Waals surface area contributed by atoms with Crippen LogP contribution in [0.3, 0.4) is 0 Å². The molecule has 0 aliphatic heterocycles. The van der Waals surface area contributed by atoms with Crippen molar-refractivity contribution in [1.29, 1.82) is 0 Å². The van der Waals surface area contributed by atoms with E-state index in [0.29, 0.717) is 12.0 Å². The molecule has 3 heteroatoms. The van der Waals surface area contributed by atoms with Crippen molar-refractivity contribution < 1.29 is 4.74 Å². The summed E-state index contributed by atoms with van der Waals surface area (Å²) in [6.45, 7) is 6.08. The molecule has 2 nitrogen and oxygen atoms in total. The summed E-state index contributed by atoms with van der Waals surface area (Å²) in [4.78, 5) is 0. The Bertz CT molecular complexity index is 299. The van der Waals surface area contributed by atoms with Crippen LogP contribution < -0.4 is 5.32 Å². The molecule has 0 aromatic heterocycles. The second-order valence-corrected chi connectivity index (χ2v) is 4.68. The summed E-state index contributed by atoms with van der Waals surface area (Å²) in [7, 11) is 1.74. The summed E-state index contributed by atoms with van der Waals surface area (Å²) < 4.78 is 5.10. The molecule has 1 N–H and O–H groups in total. The summed E-state index contributed by atoms with van der Waals surface area (Å²) in [5.74, 6) is 0.528. The second kappa shape index (κ2) is 6.89. The molecule has 0 saturated carbocycles. The SMILES string of the molecule is COCC(C)CNC(C)c1ccc(Cl)cc1. The van der Waals surface area contributed by atoms with Crippen molar-refractivity contribution in [3.8, 4) is 0 Å². The maximum Gasteiger partial charge on any atom is 0.0499 e. The summed E-state index contributed by atoms with van der Waals surface area (Å²) >= 11 is 5.85.